The highest BCUT2D eigenvalue weighted by atomic mass is 35.5. The van der Waals surface area contributed by atoms with Gasteiger partial charge in [-0.3, -0.25) is 9.98 Å². The molecule has 4 aromatic carbocycles. The van der Waals surface area contributed by atoms with Crippen molar-refractivity contribution in [3.8, 4) is 17.2 Å². The van der Waals surface area contributed by atoms with Crippen LogP contribution >= 0.6 is 11.6 Å². The van der Waals surface area contributed by atoms with Crippen molar-refractivity contribution in [2.24, 2.45) is 4.99 Å². The number of para-hydroxylation sites is 2. The zero-order chi connectivity index (χ0) is 22.2. The predicted octanol–water partition coefficient (Wildman–Crippen LogP) is 6.63. The summed E-state index contributed by atoms with van der Waals surface area (Å²) < 4.78 is 19.1. The van der Waals surface area contributed by atoms with Crippen LogP contribution in [-0.4, -0.2) is 26.3 Å². The topological polar surface area (TPSA) is 52.9 Å². The van der Waals surface area contributed by atoms with Crippen molar-refractivity contribution < 1.29 is 11.4 Å². The maximum atomic E-state index is 6.41. The molecule has 0 saturated carbocycles. The van der Waals surface area contributed by atoms with Crippen molar-refractivity contribution in [1.82, 2.24) is 4.98 Å². The second kappa shape index (κ2) is 8.42. The van der Waals surface area contributed by atoms with E-state index in [0.29, 0.717) is 33.5 Å². The van der Waals surface area contributed by atoms with Crippen molar-refractivity contribution in [2.75, 3.05) is 0 Å². The lowest BCUT2D eigenvalue weighted by molar-refractivity contribution is 0.309. The average molecular weight is 467 g/mol. The lowest BCUT2D eigenvalue weighted by Crippen LogP contribution is -2.37. The van der Waals surface area contributed by atoms with Gasteiger partial charge in [-0.15, -0.1) is 0 Å². The van der Waals surface area contributed by atoms with Gasteiger partial charge in [0.1, 0.15) is 22.7 Å². The number of halogens is 1. The van der Waals surface area contributed by atoms with Crippen LogP contribution in [0.5, 0.6) is 17.2 Å². The number of aliphatic imine (C=N–C) groups is 1. The van der Waals surface area contributed by atoms with Crippen molar-refractivity contribution in [1.29, 1.82) is 0 Å². The Hall–Kier alpha value is -3.56. The molecule has 1 aliphatic rings. The molecule has 0 unspecified atom stereocenters. The molecule has 1 aromatic heterocycles. The summed E-state index contributed by atoms with van der Waals surface area (Å²) in [5.74, 6) is 1.83. The van der Waals surface area contributed by atoms with Crippen molar-refractivity contribution >= 4 is 60.3 Å². The largest absolute Gasteiger partial charge is 1.20 e. The molecule has 0 radical (unpaired) electrons. The predicted molar refractivity (Wildman–Crippen MR) is 132 cm³/mol. The van der Waals surface area contributed by atoms with Gasteiger partial charge in [0, 0.05) is 23.4 Å². The number of hydrogen-bond acceptors (Lipinski definition) is 5. The van der Waals surface area contributed by atoms with Crippen LogP contribution in [0.4, 0.5) is 5.69 Å². The Bertz CT molecular complexity index is 1540. The van der Waals surface area contributed by atoms with E-state index >= 15 is 0 Å². The normalized spacial score (nSPS) is 12.7. The number of benzene rings is 4. The van der Waals surface area contributed by atoms with Gasteiger partial charge in [0.05, 0.1) is 10.8 Å². The Morgan fingerprint density at radius 1 is 0.758 bits per heavy atom. The quantitative estimate of drug-likeness (QED) is 0.274. The minimum atomic E-state index is -2.80. The Labute approximate surface area is 200 Å². The third kappa shape index (κ3) is 3.79. The zero-order valence-corrected chi connectivity index (χ0v) is 19.2. The molecular formula is C26H16AlClN2O3. The smallest absolute Gasteiger partial charge is 0.577 e. The molecule has 0 amide bonds. The van der Waals surface area contributed by atoms with Gasteiger partial charge >= 0.3 is 15.1 Å². The Kier molecular flexibility index (Phi) is 5.12. The van der Waals surface area contributed by atoms with E-state index in [2.05, 4.69) is 17.1 Å². The van der Waals surface area contributed by atoms with Crippen LogP contribution in [0, 0.1) is 0 Å². The molecule has 158 valence electrons. The molecule has 0 bridgehead atoms. The number of aromatic nitrogens is 1. The number of hydrogen-bond donors (Lipinski definition) is 0. The molecule has 0 N–H and O–H groups in total. The van der Waals surface area contributed by atoms with Gasteiger partial charge in [-0.25, -0.2) is 0 Å². The van der Waals surface area contributed by atoms with Gasteiger partial charge < -0.3 is 11.4 Å². The maximum Gasteiger partial charge on any atom is 1.20 e. The standard InChI is InChI=1S/C17H13NO2.C9H6ClNO.Al/c19-16-10-9-12-5-1-2-6-13(12)14(16)11-18-15-7-3-4-8-17(15)20;10-7-3-4-8(12)9-6(7)2-1-5-11-9;/h1-11,19-20H;1-5,12H;/q;;+3/p-3. The minimum Gasteiger partial charge on any atom is -0.577 e. The Balaban J connectivity index is 1.49. The molecule has 0 fully saturated rings. The minimum absolute atomic E-state index is 0.562. The first-order valence-corrected chi connectivity index (χ1v) is 12.2. The molecule has 0 aliphatic carbocycles. The molecule has 33 heavy (non-hydrogen) atoms. The fourth-order valence-corrected chi connectivity index (χ4v) is 5.48. The molecule has 6 rings (SSSR count). The van der Waals surface area contributed by atoms with E-state index in [1.54, 1.807) is 18.3 Å². The van der Waals surface area contributed by atoms with E-state index < -0.39 is 15.1 Å². The summed E-state index contributed by atoms with van der Waals surface area (Å²) >= 11 is 3.57. The highest BCUT2D eigenvalue weighted by Crippen LogP contribution is 2.35. The van der Waals surface area contributed by atoms with Gasteiger partial charge in [-0.2, -0.15) is 0 Å². The first kappa shape index (κ1) is 20.1. The van der Waals surface area contributed by atoms with Crippen molar-refractivity contribution in [3.63, 3.8) is 0 Å². The van der Waals surface area contributed by atoms with Gasteiger partial charge in [0.25, 0.3) is 0 Å². The third-order valence-electron chi connectivity index (χ3n) is 5.48. The van der Waals surface area contributed by atoms with Gasteiger partial charge in [-0.05, 0) is 53.2 Å². The van der Waals surface area contributed by atoms with Crippen LogP contribution < -0.4 is 11.4 Å². The highest BCUT2D eigenvalue weighted by molar-refractivity contribution is 6.40. The molecular weight excluding hydrogens is 451 g/mol. The van der Waals surface area contributed by atoms with E-state index in [0.717, 1.165) is 21.7 Å². The van der Waals surface area contributed by atoms with Gasteiger partial charge in [-0.1, -0.05) is 54.1 Å². The van der Waals surface area contributed by atoms with Crippen molar-refractivity contribution in [2.45, 2.75) is 0 Å². The highest BCUT2D eigenvalue weighted by Gasteiger charge is 2.46. The summed E-state index contributed by atoms with van der Waals surface area (Å²) in [5.41, 5.74) is 2.25. The molecule has 1 aliphatic heterocycles. The van der Waals surface area contributed by atoms with Crippen molar-refractivity contribution in [3.05, 3.63) is 102 Å². The summed E-state index contributed by atoms with van der Waals surface area (Å²) in [6, 6.07) is 27.1. The fraction of sp³-hybridized carbons (Fsp3) is 0. The molecule has 5 nitrogen and oxygen atoms in total. The van der Waals surface area contributed by atoms with E-state index in [4.69, 9.17) is 28.0 Å². The summed E-state index contributed by atoms with van der Waals surface area (Å²) in [4.78, 5) is 9.18. The number of rotatable bonds is 2. The number of pyridine rings is 1. The van der Waals surface area contributed by atoms with Crippen LogP contribution in [0.25, 0.3) is 21.7 Å². The molecule has 5 aromatic rings. The zero-order valence-electron chi connectivity index (χ0n) is 17.3. The Morgan fingerprint density at radius 2 is 1.58 bits per heavy atom. The summed E-state index contributed by atoms with van der Waals surface area (Å²) in [6.07, 6.45) is 3.54. The number of nitrogens with zero attached hydrogens (tertiary/aromatic N) is 2. The first-order chi connectivity index (χ1) is 16.3. The molecule has 7 heteroatoms. The van der Waals surface area contributed by atoms with E-state index in [-0.39, 0.29) is 0 Å². The first-order valence-electron chi connectivity index (χ1n) is 10.4. The summed E-state index contributed by atoms with van der Waals surface area (Å²) in [5, 5.41) is 3.57. The van der Waals surface area contributed by atoms with Crippen LogP contribution in [0.1, 0.15) is 5.56 Å². The van der Waals surface area contributed by atoms with E-state index in [9.17, 15) is 0 Å². The molecule has 0 atom stereocenters. The van der Waals surface area contributed by atoms with Crippen LogP contribution in [-0.2, 0) is 0 Å². The monoisotopic (exact) mass is 466 g/mol. The van der Waals surface area contributed by atoms with Gasteiger partial charge in [0.15, 0.2) is 0 Å². The van der Waals surface area contributed by atoms with E-state index in [1.165, 1.54) is 0 Å². The van der Waals surface area contributed by atoms with Crippen LogP contribution in [0.15, 0.2) is 96.1 Å². The molecule has 0 saturated heterocycles. The molecule has 2 heterocycles. The van der Waals surface area contributed by atoms with Crippen LogP contribution in [0.3, 0.4) is 0 Å². The van der Waals surface area contributed by atoms with Crippen LogP contribution in [0.2, 0.25) is 5.02 Å². The lowest BCUT2D eigenvalue weighted by atomic mass is 10.0. The SMILES string of the molecule is Clc1ccc([O][Al]2[O]c3ccccc3N=Cc3c(ccc4ccccc34)[O]2)c2ncccc12. The van der Waals surface area contributed by atoms with E-state index in [1.807, 2.05) is 66.9 Å². The fourth-order valence-electron chi connectivity index (χ4n) is 3.90. The Morgan fingerprint density at radius 3 is 2.55 bits per heavy atom. The third-order valence-corrected chi connectivity index (χ3v) is 7.15. The van der Waals surface area contributed by atoms with Gasteiger partial charge in [0.2, 0.25) is 0 Å². The average Bonchev–Trinajstić information content (AvgIpc) is 2.93. The summed E-state index contributed by atoms with van der Waals surface area (Å²) in [6.45, 7) is 0. The second-order valence-corrected chi connectivity index (χ2v) is 9.20. The molecule has 0 spiro atoms. The summed E-state index contributed by atoms with van der Waals surface area (Å²) in [7, 11) is 0. The lowest BCUT2D eigenvalue weighted by Gasteiger charge is -2.18. The second-order valence-electron chi connectivity index (χ2n) is 7.51. The number of fused-ring (bicyclic) bond motifs is 5. The maximum absolute atomic E-state index is 6.41.